The molecule has 0 aliphatic heterocycles. The third-order valence-corrected chi connectivity index (χ3v) is 3.24. The maximum absolute atomic E-state index is 5.75. The first kappa shape index (κ1) is 11.3. The number of pyridine rings is 1. The molecule has 1 heterocycles. The lowest BCUT2D eigenvalue weighted by molar-refractivity contribution is 0.445. The SMILES string of the molecule is Cc1cc(NC2CCC2)c(C(N)=S)c(C)n1. The molecule has 0 spiro atoms. The fourth-order valence-electron chi connectivity index (χ4n) is 2.03. The van der Waals surface area contributed by atoms with E-state index in [1.54, 1.807) is 0 Å². The van der Waals surface area contributed by atoms with Gasteiger partial charge in [0, 0.05) is 23.1 Å². The molecule has 1 aromatic heterocycles. The van der Waals surface area contributed by atoms with Crippen LogP contribution in [-0.2, 0) is 0 Å². The Morgan fingerprint density at radius 3 is 2.69 bits per heavy atom. The normalized spacial score (nSPS) is 15.6. The van der Waals surface area contributed by atoms with Gasteiger partial charge in [-0.05, 0) is 39.2 Å². The number of thiocarbonyl (C=S) groups is 1. The van der Waals surface area contributed by atoms with Crippen molar-refractivity contribution < 1.29 is 0 Å². The van der Waals surface area contributed by atoms with Crippen LogP contribution in [0.5, 0.6) is 0 Å². The number of aryl methyl sites for hydroxylation is 2. The Bertz CT molecular complexity index is 425. The molecular formula is C12H17N3S. The Morgan fingerprint density at radius 2 is 2.19 bits per heavy atom. The van der Waals surface area contributed by atoms with E-state index in [4.69, 9.17) is 18.0 Å². The molecule has 1 aromatic rings. The Hall–Kier alpha value is -1.16. The Balaban J connectivity index is 2.35. The highest BCUT2D eigenvalue weighted by atomic mass is 32.1. The highest BCUT2D eigenvalue weighted by Crippen LogP contribution is 2.26. The van der Waals surface area contributed by atoms with Crippen LogP contribution in [0.3, 0.4) is 0 Å². The zero-order valence-corrected chi connectivity index (χ0v) is 10.5. The molecule has 0 saturated heterocycles. The molecule has 0 atom stereocenters. The Labute approximate surface area is 101 Å². The summed E-state index contributed by atoms with van der Waals surface area (Å²) in [4.78, 5) is 4.82. The van der Waals surface area contributed by atoms with Crippen LogP contribution in [-0.4, -0.2) is 16.0 Å². The molecule has 16 heavy (non-hydrogen) atoms. The number of hydrogen-bond acceptors (Lipinski definition) is 3. The van der Waals surface area contributed by atoms with E-state index < -0.39 is 0 Å². The van der Waals surface area contributed by atoms with Gasteiger partial charge in [0.1, 0.15) is 4.99 Å². The fourth-order valence-corrected chi connectivity index (χ4v) is 2.28. The van der Waals surface area contributed by atoms with Crippen LogP contribution in [0.2, 0.25) is 0 Å². The Kier molecular flexibility index (Phi) is 3.10. The van der Waals surface area contributed by atoms with Gasteiger partial charge in [-0.2, -0.15) is 0 Å². The third kappa shape index (κ3) is 2.16. The average Bonchev–Trinajstić information content (AvgIpc) is 2.09. The van der Waals surface area contributed by atoms with E-state index in [9.17, 15) is 0 Å². The number of nitrogens with one attached hydrogen (secondary N) is 1. The quantitative estimate of drug-likeness (QED) is 0.789. The van der Waals surface area contributed by atoms with Crippen molar-refractivity contribution in [3.8, 4) is 0 Å². The first-order valence-electron chi connectivity index (χ1n) is 5.62. The molecule has 0 radical (unpaired) electrons. The van der Waals surface area contributed by atoms with E-state index in [1.807, 2.05) is 19.9 Å². The minimum absolute atomic E-state index is 0.423. The molecule has 0 bridgehead atoms. The van der Waals surface area contributed by atoms with E-state index in [0.717, 1.165) is 22.6 Å². The molecule has 2 rings (SSSR count). The van der Waals surface area contributed by atoms with Gasteiger partial charge in [-0.1, -0.05) is 12.2 Å². The smallest absolute Gasteiger partial charge is 0.107 e. The topological polar surface area (TPSA) is 50.9 Å². The van der Waals surface area contributed by atoms with Crippen molar-refractivity contribution in [2.24, 2.45) is 5.73 Å². The van der Waals surface area contributed by atoms with Gasteiger partial charge in [0.25, 0.3) is 0 Å². The monoisotopic (exact) mass is 235 g/mol. The minimum atomic E-state index is 0.423. The fraction of sp³-hybridized carbons (Fsp3) is 0.500. The largest absolute Gasteiger partial charge is 0.389 e. The predicted molar refractivity (Wildman–Crippen MR) is 70.9 cm³/mol. The van der Waals surface area contributed by atoms with Gasteiger partial charge in [-0.15, -0.1) is 0 Å². The summed E-state index contributed by atoms with van der Waals surface area (Å²) in [5.41, 5.74) is 9.60. The Morgan fingerprint density at radius 1 is 1.50 bits per heavy atom. The van der Waals surface area contributed by atoms with Crippen molar-refractivity contribution in [1.82, 2.24) is 4.98 Å². The lowest BCUT2D eigenvalue weighted by Crippen LogP contribution is -2.29. The van der Waals surface area contributed by atoms with Gasteiger partial charge in [-0.25, -0.2) is 0 Å². The van der Waals surface area contributed by atoms with E-state index in [0.29, 0.717) is 11.0 Å². The predicted octanol–water partition coefficient (Wildman–Crippen LogP) is 2.30. The van der Waals surface area contributed by atoms with Crippen LogP contribution in [0.1, 0.15) is 36.2 Å². The molecule has 0 aromatic carbocycles. The van der Waals surface area contributed by atoms with Gasteiger partial charge in [0.05, 0.1) is 5.56 Å². The van der Waals surface area contributed by atoms with E-state index in [2.05, 4.69) is 10.3 Å². The van der Waals surface area contributed by atoms with Crippen molar-refractivity contribution >= 4 is 22.9 Å². The second-order valence-electron chi connectivity index (χ2n) is 4.41. The summed E-state index contributed by atoms with van der Waals surface area (Å²) in [5.74, 6) is 0. The van der Waals surface area contributed by atoms with E-state index >= 15 is 0 Å². The summed E-state index contributed by atoms with van der Waals surface area (Å²) >= 11 is 5.09. The zero-order chi connectivity index (χ0) is 11.7. The van der Waals surface area contributed by atoms with Crippen LogP contribution in [0.15, 0.2) is 6.07 Å². The lowest BCUT2D eigenvalue weighted by Gasteiger charge is -2.29. The highest BCUT2D eigenvalue weighted by Gasteiger charge is 2.19. The van der Waals surface area contributed by atoms with Gasteiger partial charge in [-0.3, -0.25) is 4.98 Å². The van der Waals surface area contributed by atoms with Crippen molar-refractivity contribution in [3.63, 3.8) is 0 Å². The molecule has 0 unspecified atom stereocenters. The van der Waals surface area contributed by atoms with Gasteiger partial charge in [0.2, 0.25) is 0 Å². The molecule has 3 nitrogen and oxygen atoms in total. The number of aromatic nitrogens is 1. The summed E-state index contributed by atoms with van der Waals surface area (Å²) in [7, 11) is 0. The number of rotatable bonds is 3. The number of anilines is 1. The molecule has 1 saturated carbocycles. The van der Waals surface area contributed by atoms with Crippen molar-refractivity contribution in [2.75, 3.05) is 5.32 Å². The zero-order valence-electron chi connectivity index (χ0n) is 9.71. The number of nitrogens with two attached hydrogens (primary N) is 1. The van der Waals surface area contributed by atoms with Crippen LogP contribution >= 0.6 is 12.2 Å². The minimum Gasteiger partial charge on any atom is -0.389 e. The molecular weight excluding hydrogens is 218 g/mol. The summed E-state index contributed by atoms with van der Waals surface area (Å²) in [6.45, 7) is 3.94. The van der Waals surface area contributed by atoms with Crippen molar-refractivity contribution in [3.05, 3.63) is 23.0 Å². The van der Waals surface area contributed by atoms with E-state index in [1.165, 1.54) is 19.3 Å². The molecule has 3 N–H and O–H groups in total. The second-order valence-corrected chi connectivity index (χ2v) is 4.85. The number of hydrogen-bond donors (Lipinski definition) is 2. The van der Waals surface area contributed by atoms with Crippen LogP contribution in [0, 0.1) is 13.8 Å². The maximum atomic E-state index is 5.75. The molecule has 0 amide bonds. The molecule has 86 valence electrons. The van der Waals surface area contributed by atoms with Gasteiger partial charge >= 0.3 is 0 Å². The summed E-state index contributed by atoms with van der Waals surface area (Å²) < 4.78 is 0. The molecule has 1 fully saturated rings. The van der Waals surface area contributed by atoms with Crippen LogP contribution < -0.4 is 11.1 Å². The van der Waals surface area contributed by atoms with Crippen molar-refractivity contribution in [1.29, 1.82) is 0 Å². The first-order chi connectivity index (χ1) is 7.58. The summed E-state index contributed by atoms with van der Waals surface area (Å²) in [5, 5.41) is 3.50. The second kappa shape index (κ2) is 4.37. The molecule has 4 heteroatoms. The van der Waals surface area contributed by atoms with E-state index in [-0.39, 0.29) is 0 Å². The number of nitrogens with zero attached hydrogens (tertiary/aromatic N) is 1. The standard InChI is InChI=1S/C12H17N3S/c1-7-6-10(15-9-4-3-5-9)11(12(13)16)8(2)14-7/h6,9H,3-5H2,1-2H3,(H2,13,16)(H,14,15). The first-order valence-corrected chi connectivity index (χ1v) is 6.03. The van der Waals surface area contributed by atoms with Crippen LogP contribution in [0.25, 0.3) is 0 Å². The molecule has 1 aliphatic rings. The lowest BCUT2D eigenvalue weighted by atomic mass is 9.92. The van der Waals surface area contributed by atoms with Gasteiger partial charge < -0.3 is 11.1 Å². The summed E-state index contributed by atoms with van der Waals surface area (Å²) in [6, 6.07) is 2.61. The average molecular weight is 235 g/mol. The van der Waals surface area contributed by atoms with Gasteiger partial charge in [0.15, 0.2) is 0 Å². The van der Waals surface area contributed by atoms with Crippen molar-refractivity contribution in [2.45, 2.75) is 39.2 Å². The highest BCUT2D eigenvalue weighted by molar-refractivity contribution is 7.80. The summed E-state index contributed by atoms with van der Waals surface area (Å²) in [6.07, 6.45) is 3.78. The van der Waals surface area contributed by atoms with Crippen LogP contribution in [0.4, 0.5) is 5.69 Å². The maximum Gasteiger partial charge on any atom is 0.107 e. The third-order valence-electron chi connectivity index (χ3n) is 3.04. The molecule has 1 aliphatic carbocycles.